The van der Waals surface area contributed by atoms with E-state index in [9.17, 15) is 31.2 Å². The first kappa shape index (κ1) is 53.1. The van der Waals surface area contributed by atoms with Gasteiger partial charge in [0, 0.05) is 75.9 Å². The van der Waals surface area contributed by atoms with Crippen molar-refractivity contribution in [3.05, 3.63) is 69.0 Å². The summed E-state index contributed by atoms with van der Waals surface area (Å²) in [7, 11) is -4.53. The van der Waals surface area contributed by atoms with Crippen LogP contribution in [0, 0.1) is 13.8 Å². The van der Waals surface area contributed by atoms with Crippen LogP contribution in [0.3, 0.4) is 0 Å². The van der Waals surface area contributed by atoms with Crippen molar-refractivity contribution in [2.75, 3.05) is 53.2 Å². The minimum Gasteiger partial charge on any atom is -0.490 e. The van der Waals surface area contributed by atoms with Crippen molar-refractivity contribution in [1.82, 2.24) is 19.6 Å². The van der Waals surface area contributed by atoms with Gasteiger partial charge in [-0.2, -0.15) is 10.2 Å². The van der Waals surface area contributed by atoms with Gasteiger partial charge in [-0.3, -0.25) is 9.59 Å². The topological polar surface area (TPSA) is 229 Å². The van der Waals surface area contributed by atoms with E-state index in [0.29, 0.717) is 50.2 Å². The second kappa shape index (κ2) is 23.3. The lowest BCUT2D eigenvalue weighted by Crippen LogP contribution is -2.28. The Morgan fingerprint density at radius 1 is 0.606 bits per heavy atom. The summed E-state index contributed by atoms with van der Waals surface area (Å²) in [4.78, 5) is 42.1. The van der Waals surface area contributed by atoms with Gasteiger partial charge in [-0.05, 0) is 63.8 Å². The molecule has 4 aromatic rings. The van der Waals surface area contributed by atoms with Gasteiger partial charge >= 0.3 is 6.16 Å². The molecule has 21 heteroatoms. The number of benzene rings is 2. The fourth-order valence-electron chi connectivity index (χ4n) is 7.06. The molecule has 0 N–H and O–H groups in total. The molecule has 364 valence electrons. The zero-order valence-corrected chi connectivity index (χ0v) is 41.4. The molecule has 0 aliphatic heterocycles. The Hall–Kier alpha value is -5.51. The van der Waals surface area contributed by atoms with Crippen molar-refractivity contribution in [2.24, 2.45) is 0 Å². The molecule has 19 nitrogen and oxygen atoms in total. The summed E-state index contributed by atoms with van der Waals surface area (Å²) in [5, 5.41) is 9.28. The number of nitrogens with zero attached hydrogens (tertiary/aromatic N) is 4. The summed E-state index contributed by atoms with van der Waals surface area (Å²) in [5.41, 5.74) is 1.83. The molecule has 0 spiro atoms. The van der Waals surface area contributed by atoms with Gasteiger partial charge in [0.25, 0.3) is 0 Å². The number of methoxy groups -OCH3 is 2. The molecule has 2 heterocycles. The normalized spacial score (nSPS) is 12.7. The van der Waals surface area contributed by atoms with E-state index < -0.39 is 50.0 Å². The maximum Gasteiger partial charge on any atom is 0.514 e. The molecule has 2 atom stereocenters. The third-order valence-corrected chi connectivity index (χ3v) is 12.4. The Balaban J connectivity index is 1.64. The van der Waals surface area contributed by atoms with E-state index in [1.54, 1.807) is 13.8 Å². The average molecular weight is 963 g/mol. The average Bonchev–Trinajstić information content (AvgIpc) is 3.76. The second-order valence-electron chi connectivity index (χ2n) is 15.3. The molecule has 66 heavy (non-hydrogen) atoms. The van der Waals surface area contributed by atoms with E-state index in [1.165, 1.54) is 61.7 Å². The number of carbonyl (C=O) groups is 3. The summed E-state index contributed by atoms with van der Waals surface area (Å²) >= 11 is 0. The third kappa shape index (κ3) is 12.5. The zero-order chi connectivity index (χ0) is 49.1. The number of aryl methyl sites for hydroxylation is 4. The number of ketones is 2. The lowest BCUT2D eigenvalue weighted by atomic mass is 9.97. The number of carbonyl (C=O) groups excluding carboxylic acids is 3. The maximum atomic E-state index is 14.5. The number of hydrogen-bond acceptors (Lipinski definition) is 17. The van der Waals surface area contributed by atoms with Crippen LogP contribution in [0.25, 0.3) is 0 Å². The zero-order valence-electron chi connectivity index (χ0n) is 39.8. The molecule has 0 amide bonds. The van der Waals surface area contributed by atoms with Crippen LogP contribution in [-0.2, 0) is 64.6 Å². The molecular formula is C45H62N4O15S2. The van der Waals surface area contributed by atoms with Crippen LogP contribution in [-0.4, -0.2) is 120 Å². The standard InChI is InChI=1S/C45H62N4O15S2/c1-13-21-48-43(37(33(15-3)46-48)39(50)31-17-19-35(65(11,53)54)41(27(31)5)59-25-23-57-9)61-29(7)63-45(52)64-30(8)62-44-38(34(16-4)47-49(44)22-14-2)40(51)32-18-20-36(66(12,55)56)42(28(32)6)60-26-24-58-10/h17-20,29-30H,13-16,21-26H2,1-12H3. The quantitative estimate of drug-likeness (QED) is 0.0292. The number of sulfone groups is 2. The van der Waals surface area contributed by atoms with Gasteiger partial charge in [0.05, 0.1) is 24.6 Å². The highest BCUT2D eigenvalue weighted by atomic mass is 32.2. The van der Waals surface area contributed by atoms with Gasteiger partial charge in [-0.1, -0.05) is 27.7 Å². The summed E-state index contributed by atoms with van der Waals surface area (Å²) in [6.07, 6.45) is 0.0624. The smallest absolute Gasteiger partial charge is 0.490 e. The van der Waals surface area contributed by atoms with Crippen LogP contribution in [0.1, 0.15) is 109 Å². The Labute approximate surface area is 386 Å². The number of hydrogen-bond donors (Lipinski definition) is 0. The molecule has 0 saturated carbocycles. The minimum atomic E-state index is -3.74. The summed E-state index contributed by atoms with van der Waals surface area (Å²) in [5.74, 6) is -0.966. The van der Waals surface area contributed by atoms with Gasteiger partial charge in [0.15, 0.2) is 19.7 Å². The van der Waals surface area contributed by atoms with Crippen LogP contribution < -0.4 is 18.9 Å². The van der Waals surface area contributed by atoms with Gasteiger partial charge in [0.1, 0.15) is 45.6 Å². The second-order valence-corrected chi connectivity index (χ2v) is 19.2. The van der Waals surface area contributed by atoms with Crippen molar-refractivity contribution in [3.8, 4) is 23.3 Å². The Morgan fingerprint density at radius 2 is 0.970 bits per heavy atom. The number of rotatable bonds is 26. The predicted octanol–water partition coefficient (Wildman–Crippen LogP) is 6.26. The van der Waals surface area contributed by atoms with E-state index in [2.05, 4.69) is 10.2 Å². The molecule has 2 unspecified atom stereocenters. The molecule has 0 aliphatic carbocycles. The summed E-state index contributed by atoms with van der Waals surface area (Å²) in [6, 6.07) is 5.46. The van der Waals surface area contributed by atoms with E-state index in [0.717, 1.165) is 12.5 Å². The Morgan fingerprint density at radius 3 is 1.27 bits per heavy atom. The molecule has 4 rings (SSSR count). The molecule has 0 aliphatic rings. The summed E-state index contributed by atoms with van der Waals surface area (Å²) in [6.45, 7) is 14.6. The Bertz CT molecular complexity index is 2430. The molecule has 2 aromatic heterocycles. The molecular weight excluding hydrogens is 901 g/mol. The fraction of sp³-hybridized carbons (Fsp3) is 0.533. The van der Waals surface area contributed by atoms with Crippen molar-refractivity contribution in [3.63, 3.8) is 0 Å². The molecule has 0 saturated heterocycles. The van der Waals surface area contributed by atoms with Crippen LogP contribution in [0.5, 0.6) is 23.3 Å². The first-order chi connectivity index (χ1) is 31.2. The van der Waals surface area contributed by atoms with Crippen molar-refractivity contribution in [2.45, 2.75) is 117 Å². The molecule has 2 aromatic carbocycles. The van der Waals surface area contributed by atoms with Crippen LogP contribution >= 0.6 is 0 Å². The van der Waals surface area contributed by atoms with Crippen LogP contribution in [0.4, 0.5) is 4.79 Å². The summed E-state index contributed by atoms with van der Waals surface area (Å²) < 4.78 is 99.0. The highest BCUT2D eigenvalue weighted by molar-refractivity contribution is 7.91. The lowest BCUT2D eigenvalue weighted by Gasteiger charge is -2.20. The van der Waals surface area contributed by atoms with E-state index in [-0.39, 0.29) is 92.9 Å². The van der Waals surface area contributed by atoms with Crippen molar-refractivity contribution >= 4 is 37.4 Å². The van der Waals surface area contributed by atoms with Crippen LogP contribution in [0.15, 0.2) is 34.1 Å². The van der Waals surface area contributed by atoms with Crippen molar-refractivity contribution < 1.29 is 69.1 Å². The SMILES string of the molecule is CCCn1nc(CC)c(C(=O)c2ccc(S(C)(=O)=O)c(OCCOC)c2C)c1OC(C)OC(=O)OC(C)Oc1c(C(=O)c2ccc(S(C)(=O)=O)c(OCCOC)c2C)c(CC)nn1CCC. The van der Waals surface area contributed by atoms with E-state index in [4.69, 9.17) is 37.9 Å². The first-order valence-corrected chi connectivity index (χ1v) is 25.4. The number of ether oxygens (including phenoxy) is 8. The van der Waals surface area contributed by atoms with E-state index >= 15 is 0 Å². The highest BCUT2D eigenvalue weighted by Crippen LogP contribution is 2.37. The third-order valence-electron chi connectivity index (χ3n) is 10.1. The lowest BCUT2D eigenvalue weighted by molar-refractivity contribution is -0.100. The van der Waals surface area contributed by atoms with Gasteiger partial charge in [-0.25, -0.2) is 31.0 Å². The predicted molar refractivity (Wildman–Crippen MR) is 242 cm³/mol. The minimum absolute atomic E-state index is 0.0163. The largest absolute Gasteiger partial charge is 0.514 e. The fourth-order valence-corrected chi connectivity index (χ4v) is 8.79. The number of aromatic nitrogens is 4. The monoisotopic (exact) mass is 962 g/mol. The van der Waals surface area contributed by atoms with E-state index in [1.807, 2.05) is 27.7 Å². The highest BCUT2D eigenvalue weighted by Gasteiger charge is 2.33. The first-order valence-electron chi connectivity index (χ1n) is 21.6. The van der Waals surface area contributed by atoms with Crippen LogP contribution in [0.2, 0.25) is 0 Å². The molecule has 0 radical (unpaired) electrons. The van der Waals surface area contributed by atoms with Gasteiger partial charge in [0.2, 0.25) is 35.9 Å². The molecule has 0 bridgehead atoms. The van der Waals surface area contributed by atoms with Gasteiger partial charge < -0.3 is 37.9 Å². The van der Waals surface area contributed by atoms with Gasteiger partial charge in [-0.15, -0.1) is 0 Å². The Kier molecular flexibility index (Phi) is 18.7. The maximum absolute atomic E-state index is 14.5. The van der Waals surface area contributed by atoms with Crippen molar-refractivity contribution in [1.29, 1.82) is 0 Å². The molecule has 0 fully saturated rings.